The van der Waals surface area contributed by atoms with Crippen molar-refractivity contribution in [2.75, 3.05) is 0 Å². The van der Waals surface area contributed by atoms with E-state index in [2.05, 4.69) is 173 Å². The number of benzene rings is 9. The van der Waals surface area contributed by atoms with Gasteiger partial charge in [-0.3, -0.25) is 9.59 Å². The topological polar surface area (TPSA) is 181 Å². The number of thiazole rings is 4. The van der Waals surface area contributed by atoms with E-state index in [9.17, 15) is 30.6 Å². The monoisotopic (exact) mass is 1410 g/mol. The number of fused-ring (bicyclic) bond motifs is 14. The fraction of sp³-hybridized carbons (Fsp3) is 0.0698. The van der Waals surface area contributed by atoms with Crippen molar-refractivity contribution in [2.45, 2.75) is 38.5 Å². The van der Waals surface area contributed by atoms with Crippen LogP contribution in [0.4, 0.5) is 0 Å². The van der Waals surface area contributed by atoms with Crippen LogP contribution in [0.25, 0.3) is 105 Å². The number of rotatable bonds is 8. The zero-order valence-corrected chi connectivity index (χ0v) is 59.4. The van der Waals surface area contributed by atoms with Crippen LogP contribution in [0.3, 0.4) is 0 Å². The SMILES string of the molecule is Cc1ccc(C2(c3ccc(C)cc3)c3cc4c(cc3-c3c2ccc2sc(-c5nc6sc(C=C7C(=O)c8ccccc8C7=C(C#N)C#N)nc6s5)cc32)C(c2ccc(C)cc2)(c2ccc(C)cc2)c2ccc3sc(-c5nc6sc(C=C7C(=O)c8ccccc8C7=C(C#N)C#N)nc6s5)cc3c2-4)cc1. The molecule has 0 amide bonds. The lowest BCUT2D eigenvalue weighted by atomic mass is 9.65. The van der Waals surface area contributed by atoms with E-state index in [1.807, 2.05) is 24.3 Å². The second-order valence-electron chi connectivity index (χ2n) is 26.1. The van der Waals surface area contributed by atoms with Crippen molar-refractivity contribution in [3.63, 3.8) is 0 Å². The molecule has 19 rings (SSSR count). The minimum atomic E-state index is -0.795. The van der Waals surface area contributed by atoms with Gasteiger partial charge in [0.1, 0.15) is 55.5 Å². The number of ketones is 2. The van der Waals surface area contributed by atoms with E-state index in [0.29, 0.717) is 43.4 Å². The fourth-order valence-corrected chi connectivity index (χ4v) is 22.2. The lowest BCUT2D eigenvalue weighted by Crippen LogP contribution is -2.30. The summed E-state index contributed by atoms with van der Waals surface area (Å²) in [7, 11) is 0. The minimum absolute atomic E-state index is 0.121. The van der Waals surface area contributed by atoms with Gasteiger partial charge in [0.05, 0.1) is 20.6 Å². The van der Waals surface area contributed by atoms with Gasteiger partial charge in [0.2, 0.25) is 0 Å². The van der Waals surface area contributed by atoms with E-state index in [-0.39, 0.29) is 33.9 Å². The van der Waals surface area contributed by atoms with Crippen LogP contribution in [0, 0.1) is 73.0 Å². The van der Waals surface area contributed by atoms with Gasteiger partial charge in [-0.1, -0.05) is 225 Å². The van der Waals surface area contributed by atoms with Crippen LogP contribution in [-0.4, -0.2) is 31.5 Å². The van der Waals surface area contributed by atoms with Gasteiger partial charge in [-0.2, -0.15) is 21.0 Å². The van der Waals surface area contributed by atoms with Crippen LogP contribution < -0.4 is 0 Å². The molecule has 10 nitrogen and oxygen atoms in total. The maximum Gasteiger partial charge on any atom is 0.194 e. The molecule has 0 bridgehead atoms. The Bertz CT molecular complexity index is 6040. The number of carbonyl (C=O) groups excluding carboxylic acids is 2. The van der Waals surface area contributed by atoms with Gasteiger partial charge in [0.25, 0.3) is 0 Å². The van der Waals surface area contributed by atoms with Crippen molar-refractivity contribution in [1.29, 1.82) is 21.0 Å². The Hall–Kier alpha value is -11.8. The number of hydrogen-bond donors (Lipinski definition) is 0. The predicted octanol–water partition coefficient (Wildman–Crippen LogP) is 21.7. The minimum Gasteiger partial charge on any atom is -0.289 e. The van der Waals surface area contributed by atoms with Crippen LogP contribution in [0.1, 0.15) is 109 Å². The number of Topliss-reactive ketones (excluding diaryl/α,β-unsaturated/α-hetero) is 2. The third-order valence-electron chi connectivity index (χ3n) is 20.5. The van der Waals surface area contributed by atoms with E-state index in [0.717, 1.165) is 92.6 Å². The summed E-state index contributed by atoms with van der Waals surface area (Å²) in [5, 5.41) is 45.2. The molecular formula is C86H46N8O2S6. The van der Waals surface area contributed by atoms with Crippen molar-refractivity contribution in [2.24, 2.45) is 0 Å². The molecule has 0 atom stereocenters. The quantitative estimate of drug-likeness (QED) is 0.105. The van der Waals surface area contributed by atoms with Crippen LogP contribution >= 0.6 is 68.0 Å². The second-order valence-corrected chi connectivity index (χ2v) is 32.2. The highest BCUT2D eigenvalue weighted by atomic mass is 32.1. The van der Waals surface area contributed by atoms with Crippen LogP contribution in [0.15, 0.2) is 216 Å². The van der Waals surface area contributed by atoms with Gasteiger partial charge < -0.3 is 0 Å². The van der Waals surface area contributed by atoms with Crippen molar-refractivity contribution in [1.82, 2.24) is 19.9 Å². The van der Waals surface area contributed by atoms with Crippen molar-refractivity contribution in [3.05, 3.63) is 315 Å². The Labute approximate surface area is 608 Å². The first kappa shape index (κ1) is 61.3. The average molecular weight is 1420 g/mol. The first-order chi connectivity index (χ1) is 49.8. The van der Waals surface area contributed by atoms with E-state index in [4.69, 9.17) is 19.9 Å². The van der Waals surface area contributed by atoms with Gasteiger partial charge in [0.15, 0.2) is 30.9 Å². The van der Waals surface area contributed by atoms with Gasteiger partial charge in [-0.05, 0) is 154 Å². The van der Waals surface area contributed by atoms with Gasteiger partial charge in [0, 0.05) is 53.6 Å². The van der Waals surface area contributed by atoms with Crippen LogP contribution in [0.5, 0.6) is 0 Å². The number of carbonyl (C=O) groups is 2. The van der Waals surface area contributed by atoms with Crippen molar-refractivity contribution < 1.29 is 9.59 Å². The first-order valence-electron chi connectivity index (χ1n) is 32.8. The molecule has 9 aromatic carbocycles. The summed E-state index contributed by atoms with van der Waals surface area (Å²) in [6.45, 7) is 8.59. The molecule has 6 aromatic heterocycles. The molecule has 0 aliphatic heterocycles. The highest BCUT2D eigenvalue weighted by molar-refractivity contribution is 7.32. The number of nitrogens with zero attached hydrogens (tertiary/aromatic N) is 8. The number of hydrogen-bond acceptors (Lipinski definition) is 16. The maximum absolute atomic E-state index is 13.9. The standard InChI is InChI=1S/C86H46N8O2S6/c1-43-13-21-49(22-14-43)85(50-23-15-44(2)16-24-50)63-29-31-67-59(35-69(97-67)79-93-83-81(101-79)91-71(99-83)37-61-73(47(39-87)40-88)53-9-5-7-11-55(53)77(61)95)75(63)57-34-66-58(33-65(57)85)76-60-36-70(98-68(60)32-30-64(76)86(66,51-25-17-45(3)18-26-51)52-27-19-46(4)20-28-52)80-94-84-82(102-80)92-72(100-84)38-62-74(48(41-89)42-90)54-10-6-8-12-56(54)78(62)96/h5-38H,1-4H3. The van der Waals surface area contributed by atoms with Gasteiger partial charge in [-0.15, -0.1) is 22.7 Å². The highest BCUT2D eigenvalue weighted by Gasteiger charge is 2.53. The summed E-state index contributed by atoms with van der Waals surface area (Å²) < 4.78 is 2.24. The molecule has 4 aliphatic rings. The highest BCUT2D eigenvalue weighted by Crippen LogP contribution is 2.65. The number of aryl methyl sites for hydroxylation is 4. The number of thiophene rings is 2. The van der Waals surface area contributed by atoms with Crippen molar-refractivity contribution in [3.8, 4) is 66.3 Å². The normalized spacial score (nSPS) is 15.0. The number of aromatic nitrogens is 4. The lowest BCUT2D eigenvalue weighted by molar-refractivity contribution is 0.103. The molecule has 6 heterocycles. The summed E-state index contributed by atoms with van der Waals surface area (Å²) in [5.41, 5.74) is 20.1. The molecule has 478 valence electrons. The van der Waals surface area contributed by atoms with Crippen LogP contribution in [0.2, 0.25) is 0 Å². The molecular weight excluding hydrogens is 1370 g/mol. The van der Waals surface area contributed by atoms with E-state index in [1.54, 1.807) is 83.4 Å². The van der Waals surface area contributed by atoms with E-state index < -0.39 is 10.8 Å². The number of allylic oxidation sites excluding steroid dienone is 6. The fourth-order valence-electron chi connectivity index (χ4n) is 15.9. The summed E-state index contributed by atoms with van der Waals surface area (Å²) in [5.74, 6) is -0.503. The second kappa shape index (κ2) is 22.9. The van der Waals surface area contributed by atoms with Gasteiger partial charge >= 0.3 is 0 Å². The summed E-state index contributed by atoms with van der Waals surface area (Å²) in [6.07, 6.45) is 3.40. The smallest absolute Gasteiger partial charge is 0.194 e. The molecule has 0 saturated carbocycles. The lowest BCUT2D eigenvalue weighted by Gasteiger charge is -2.35. The Morgan fingerprint density at radius 1 is 0.363 bits per heavy atom. The Morgan fingerprint density at radius 3 is 1.03 bits per heavy atom. The third kappa shape index (κ3) is 8.79. The molecule has 0 saturated heterocycles. The Kier molecular flexibility index (Phi) is 13.7. The average Bonchev–Trinajstić information content (AvgIpc) is 1.50. The van der Waals surface area contributed by atoms with Crippen molar-refractivity contribution >= 4 is 142 Å². The molecule has 0 spiro atoms. The van der Waals surface area contributed by atoms with E-state index >= 15 is 0 Å². The number of nitriles is 4. The molecule has 0 unspecified atom stereocenters. The maximum atomic E-state index is 13.9. The molecule has 102 heavy (non-hydrogen) atoms. The zero-order chi connectivity index (χ0) is 69.2. The Balaban J connectivity index is 0.812. The summed E-state index contributed by atoms with van der Waals surface area (Å²) in [6, 6.07) is 77.9. The molecule has 4 aliphatic carbocycles. The molecule has 15 aromatic rings. The third-order valence-corrected chi connectivity index (χ3v) is 26.9. The van der Waals surface area contributed by atoms with E-state index in [1.165, 1.54) is 101 Å². The summed E-state index contributed by atoms with van der Waals surface area (Å²) >= 11 is 9.22. The Morgan fingerprint density at radius 2 is 0.696 bits per heavy atom. The molecule has 0 N–H and O–H groups in total. The predicted molar refractivity (Wildman–Crippen MR) is 413 cm³/mol. The zero-order valence-electron chi connectivity index (χ0n) is 54.5. The van der Waals surface area contributed by atoms with Crippen LogP contribution in [-0.2, 0) is 10.8 Å². The largest absolute Gasteiger partial charge is 0.289 e. The molecule has 0 radical (unpaired) electrons. The molecule has 16 heteroatoms. The first-order valence-corrected chi connectivity index (χ1v) is 37.7. The summed E-state index contributed by atoms with van der Waals surface area (Å²) in [4.78, 5) is 53.4. The van der Waals surface area contributed by atoms with Gasteiger partial charge in [-0.25, -0.2) is 19.9 Å². The molecule has 0 fully saturated rings.